The molecule has 2 aromatic rings. The van der Waals surface area contributed by atoms with E-state index in [0.717, 1.165) is 39.3 Å². The normalized spacial score (nSPS) is 14.7. The van der Waals surface area contributed by atoms with Crippen LogP contribution in [-0.2, 0) is 9.59 Å². The van der Waals surface area contributed by atoms with Crippen LogP contribution in [0.2, 0.25) is 0 Å². The maximum absolute atomic E-state index is 12.7. The molecule has 1 aliphatic heterocycles. The Morgan fingerprint density at radius 2 is 1.90 bits per heavy atom. The molecule has 1 heterocycles. The quantitative estimate of drug-likeness (QED) is 0.457. The summed E-state index contributed by atoms with van der Waals surface area (Å²) in [5.41, 5.74) is 3.57. The van der Waals surface area contributed by atoms with E-state index in [4.69, 9.17) is 0 Å². The third-order valence-corrected chi connectivity index (χ3v) is 5.59. The van der Waals surface area contributed by atoms with Crippen molar-refractivity contribution < 1.29 is 14.4 Å². The van der Waals surface area contributed by atoms with Crippen molar-refractivity contribution in [3.05, 3.63) is 63.8 Å². The van der Waals surface area contributed by atoms with Gasteiger partial charge < -0.3 is 15.5 Å². The van der Waals surface area contributed by atoms with Gasteiger partial charge in [0.05, 0.1) is 5.69 Å². The molecule has 0 aromatic heterocycles. The molecule has 0 atom stereocenters. The van der Waals surface area contributed by atoms with Crippen LogP contribution in [-0.4, -0.2) is 42.4 Å². The van der Waals surface area contributed by atoms with Crippen LogP contribution in [0.25, 0.3) is 6.08 Å². The lowest BCUT2D eigenvalue weighted by atomic mass is 10.1. The molecule has 4 amide bonds. The second kappa shape index (κ2) is 9.78. The third-order valence-electron chi connectivity index (χ3n) is 4.95. The van der Waals surface area contributed by atoms with Crippen molar-refractivity contribution >= 4 is 51.2 Å². The summed E-state index contributed by atoms with van der Waals surface area (Å²) in [6.45, 7) is 7.48. The number of nitrogens with zero attached hydrogens (tertiary/aromatic N) is 2. The van der Waals surface area contributed by atoms with Crippen molar-refractivity contribution in [3.8, 4) is 0 Å². The number of aryl methyl sites for hydroxylation is 1. The summed E-state index contributed by atoms with van der Waals surface area (Å²) in [7, 11) is 0. The zero-order valence-electron chi connectivity index (χ0n) is 17.7. The van der Waals surface area contributed by atoms with Crippen molar-refractivity contribution in [3.63, 3.8) is 0 Å². The summed E-state index contributed by atoms with van der Waals surface area (Å²) < 4.78 is 0.900. The Hall–Kier alpha value is -3.13. The van der Waals surface area contributed by atoms with Gasteiger partial charge in [-0.05, 0) is 78.2 Å². The molecule has 0 radical (unpaired) electrons. The van der Waals surface area contributed by atoms with Gasteiger partial charge in [-0.15, -0.1) is 0 Å². The van der Waals surface area contributed by atoms with Gasteiger partial charge in [0.1, 0.15) is 12.2 Å². The van der Waals surface area contributed by atoms with E-state index in [0.29, 0.717) is 5.69 Å². The lowest BCUT2D eigenvalue weighted by Crippen LogP contribution is -2.38. The molecule has 31 heavy (non-hydrogen) atoms. The van der Waals surface area contributed by atoms with E-state index < -0.39 is 17.8 Å². The van der Waals surface area contributed by atoms with Crippen molar-refractivity contribution in [1.29, 1.82) is 0 Å². The molecule has 1 saturated heterocycles. The Labute approximate surface area is 190 Å². The molecule has 7 nitrogen and oxygen atoms in total. The van der Waals surface area contributed by atoms with Crippen molar-refractivity contribution in [1.82, 2.24) is 10.2 Å². The summed E-state index contributed by atoms with van der Waals surface area (Å²) in [5, 5.41) is 5.26. The van der Waals surface area contributed by atoms with Gasteiger partial charge in [-0.2, -0.15) is 0 Å². The number of nitrogens with one attached hydrogen (secondary N) is 2. The summed E-state index contributed by atoms with van der Waals surface area (Å²) >= 11 is 3.58. The van der Waals surface area contributed by atoms with Crippen LogP contribution >= 0.6 is 15.9 Å². The minimum Gasteiger partial charge on any atom is -0.371 e. The molecule has 0 unspecified atom stereocenters. The molecule has 0 aliphatic carbocycles. The highest BCUT2D eigenvalue weighted by Gasteiger charge is 2.34. The predicted molar refractivity (Wildman–Crippen MR) is 126 cm³/mol. The van der Waals surface area contributed by atoms with E-state index in [1.54, 1.807) is 12.1 Å². The zero-order chi connectivity index (χ0) is 22.5. The first-order chi connectivity index (χ1) is 14.8. The standard InChI is InChI=1S/C23H25BrN4O3/c1-4-27(5-2)20-10-9-16(12-18(20)24)13-19-22(30)28(23(31)26-19)14-21(29)25-17-8-6-7-15(3)11-17/h6-13H,4-5,14H2,1-3H3,(H,25,29)(H,26,31)/b19-13+. The van der Waals surface area contributed by atoms with Gasteiger partial charge in [0, 0.05) is 23.2 Å². The first-order valence-corrected chi connectivity index (χ1v) is 10.9. The average Bonchev–Trinajstić information content (AvgIpc) is 2.97. The maximum Gasteiger partial charge on any atom is 0.329 e. The molecule has 1 fully saturated rings. The predicted octanol–water partition coefficient (Wildman–Crippen LogP) is 4.14. The molecule has 2 N–H and O–H groups in total. The third kappa shape index (κ3) is 5.32. The van der Waals surface area contributed by atoms with Gasteiger partial charge in [0.2, 0.25) is 5.91 Å². The van der Waals surface area contributed by atoms with Crippen LogP contribution in [0.3, 0.4) is 0 Å². The Kier molecular flexibility index (Phi) is 7.12. The Balaban J connectivity index is 1.71. The van der Waals surface area contributed by atoms with E-state index in [-0.39, 0.29) is 12.2 Å². The highest BCUT2D eigenvalue weighted by molar-refractivity contribution is 9.10. The number of carbonyl (C=O) groups excluding carboxylic acids is 3. The van der Waals surface area contributed by atoms with Gasteiger partial charge in [-0.3, -0.25) is 9.59 Å². The Bertz CT molecular complexity index is 1050. The highest BCUT2D eigenvalue weighted by atomic mass is 79.9. The van der Waals surface area contributed by atoms with E-state index in [9.17, 15) is 14.4 Å². The monoisotopic (exact) mass is 484 g/mol. The van der Waals surface area contributed by atoms with Crippen LogP contribution in [0.15, 0.2) is 52.6 Å². The topological polar surface area (TPSA) is 81.8 Å². The van der Waals surface area contributed by atoms with E-state index in [1.165, 1.54) is 0 Å². The number of amides is 4. The van der Waals surface area contributed by atoms with Crippen molar-refractivity contribution in [2.75, 3.05) is 29.9 Å². The highest BCUT2D eigenvalue weighted by Crippen LogP contribution is 2.28. The molecule has 8 heteroatoms. The minimum atomic E-state index is -0.616. The number of benzene rings is 2. The van der Waals surface area contributed by atoms with E-state index in [2.05, 4.69) is 45.3 Å². The van der Waals surface area contributed by atoms with Gasteiger partial charge in [-0.1, -0.05) is 18.2 Å². The van der Waals surface area contributed by atoms with Crippen LogP contribution in [0.4, 0.5) is 16.2 Å². The maximum atomic E-state index is 12.7. The van der Waals surface area contributed by atoms with E-state index in [1.807, 2.05) is 43.3 Å². The molecule has 3 rings (SSSR count). The number of carbonyl (C=O) groups is 3. The summed E-state index contributed by atoms with van der Waals surface area (Å²) in [6, 6.07) is 12.4. The van der Waals surface area contributed by atoms with Crippen LogP contribution in [0, 0.1) is 6.92 Å². The molecule has 0 spiro atoms. The zero-order valence-corrected chi connectivity index (χ0v) is 19.3. The first-order valence-electron chi connectivity index (χ1n) is 10.1. The fourth-order valence-electron chi connectivity index (χ4n) is 3.38. The fraction of sp³-hybridized carbons (Fsp3) is 0.261. The average molecular weight is 485 g/mol. The largest absolute Gasteiger partial charge is 0.371 e. The molecule has 2 aromatic carbocycles. The lowest BCUT2D eigenvalue weighted by Gasteiger charge is -2.22. The van der Waals surface area contributed by atoms with Gasteiger partial charge in [-0.25, -0.2) is 9.69 Å². The number of urea groups is 1. The van der Waals surface area contributed by atoms with E-state index >= 15 is 0 Å². The SMILES string of the molecule is CCN(CC)c1ccc(/C=C2/NC(=O)N(CC(=O)Nc3cccc(C)c3)C2=O)cc1Br. The second-order valence-electron chi connectivity index (χ2n) is 7.18. The molecular formula is C23H25BrN4O3. The molecule has 0 saturated carbocycles. The van der Waals surface area contributed by atoms with Crippen LogP contribution in [0.5, 0.6) is 0 Å². The van der Waals surface area contributed by atoms with Gasteiger partial charge in [0.25, 0.3) is 5.91 Å². The number of anilines is 2. The fourth-order valence-corrected chi connectivity index (χ4v) is 4.03. The van der Waals surface area contributed by atoms with Gasteiger partial charge >= 0.3 is 6.03 Å². The Morgan fingerprint density at radius 3 is 2.55 bits per heavy atom. The summed E-state index contributed by atoms with van der Waals surface area (Å²) in [4.78, 5) is 40.4. The molecular weight excluding hydrogens is 460 g/mol. The molecule has 0 bridgehead atoms. The Morgan fingerprint density at radius 1 is 1.16 bits per heavy atom. The smallest absolute Gasteiger partial charge is 0.329 e. The number of hydrogen-bond acceptors (Lipinski definition) is 4. The number of rotatable bonds is 7. The number of halogens is 1. The first kappa shape index (κ1) is 22.6. The summed E-state index contributed by atoms with van der Waals surface area (Å²) in [5.74, 6) is -0.977. The van der Waals surface area contributed by atoms with Crippen LogP contribution in [0.1, 0.15) is 25.0 Å². The number of imide groups is 1. The van der Waals surface area contributed by atoms with Gasteiger partial charge in [0.15, 0.2) is 0 Å². The van der Waals surface area contributed by atoms with Crippen molar-refractivity contribution in [2.24, 2.45) is 0 Å². The van der Waals surface area contributed by atoms with Crippen molar-refractivity contribution in [2.45, 2.75) is 20.8 Å². The second-order valence-corrected chi connectivity index (χ2v) is 8.03. The minimum absolute atomic E-state index is 0.135. The lowest BCUT2D eigenvalue weighted by molar-refractivity contribution is -0.127. The molecule has 1 aliphatic rings. The van der Waals surface area contributed by atoms with Crippen LogP contribution < -0.4 is 15.5 Å². The number of hydrogen-bond donors (Lipinski definition) is 2. The molecule has 162 valence electrons. The summed E-state index contributed by atoms with van der Waals surface area (Å²) in [6.07, 6.45) is 1.61.